The molecule has 0 saturated heterocycles. The van der Waals surface area contributed by atoms with Gasteiger partial charge in [-0.3, -0.25) is 4.79 Å². The van der Waals surface area contributed by atoms with Crippen LogP contribution in [0.25, 0.3) is 0 Å². The van der Waals surface area contributed by atoms with E-state index in [0.717, 1.165) is 0 Å². The summed E-state index contributed by atoms with van der Waals surface area (Å²) in [4.78, 5) is 34.3. The first kappa shape index (κ1) is 14.0. The summed E-state index contributed by atoms with van der Waals surface area (Å²) in [6.45, 7) is 1.18. The molecule has 0 aromatic carbocycles. The van der Waals surface area contributed by atoms with Gasteiger partial charge < -0.3 is 14.2 Å². The van der Waals surface area contributed by atoms with Crippen LogP contribution < -0.4 is 0 Å². The molecule has 0 aliphatic heterocycles. The van der Waals surface area contributed by atoms with Crippen molar-refractivity contribution in [3.05, 3.63) is 23.8 Å². The molecule has 18 heavy (non-hydrogen) atoms. The Balaban J connectivity index is 3.05. The fraction of sp³-hybridized carbons (Fsp3) is 0.417. The number of ether oxygens (including phenoxy) is 3. The van der Waals surface area contributed by atoms with Crippen LogP contribution >= 0.6 is 0 Å². The molecule has 0 N–H and O–H groups in total. The maximum Gasteiger partial charge on any atom is 0.354 e. The highest BCUT2D eigenvalue weighted by atomic mass is 16.6. The lowest BCUT2D eigenvalue weighted by Gasteiger charge is -2.29. The summed E-state index contributed by atoms with van der Waals surface area (Å²) in [5.41, 5.74) is -1.37. The zero-order chi connectivity index (χ0) is 13.8. The van der Waals surface area contributed by atoms with E-state index in [1.165, 1.54) is 39.4 Å². The van der Waals surface area contributed by atoms with E-state index in [1.807, 2.05) is 0 Å². The first-order chi connectivity index (χ1) is 8.45. The Hall–Kier alpha value is -2.11. The number of hydrogen-bond donors (Lipinski definition) is 0. The van der Waals surface area contributed by atoms with Crippen LogP contribution in [0.5, 0.6) is 0 Å². The monoisotopic (exact) mass is 254 g/mol. The molecule has 1 rings (SSSR count). The lowest BCUT2D eigenvalue weighted by Crippen LogP contribution is -2.44. The Morgan fingerprint density at radius 1 is 1.22 bits per heavy atom. The second-order valence-electron chi connectivity index (χ2n) is 3.69. The summed E-state index contributed by atoms with van der Waals surface area (Å²) in [7, 11) is 2.41. The average Bonchev–Trinajstić information content (AvgIpc) is 2.36. The minimum atomic E-state index is -1.60. The molecule has 0 saturated carbocycles. The largest absolute Gasteiger partial charge is 0.466 e. The summed E-state index contributed by atoms with van der Waals surface area (Å²) in [5.74, 6) is -1.97. The van der Waals surface area contributed by atoms with Gasteiger partial charge in [-0.1, -0.05) is 12.2 Å². The van der Waals surface area contributed by atoms with Crippen LogP contribution in [0, 0.1) is 0 Å². The van der Waals surface area contributed by atoms with Gasteiger partial charge in [-0.15, -0.1) is 0 Å². The van der Waals surface area contributed by atoms with Crippen molar-refractivity contribution in [2.75, 3.05) is 14.2 Å². The van der Waals surface area contributed by atoms with Gasteiger partial charge in [0.05, 0.1) is 14.2 Å². The van der Waals surface area contributed by atoms with Crippen LogP contribution in [-0.4, -0.2) is 37.7 Å². The molecular weight excluding hydrogens is 240 g/mol. The third kappa shape index (κ3) is 2.77. The first-order valence-corrected chi connectivity index (χ1v) is 5.20. The lowest BCUT2D eigenvalue weighted by molar-refractivity contribution is -0.174. The number of hydrogen-bond acceptors (Lipinski definition) is 6. The molecule has 0 aromatic heterocycles. The van der Waals surface area contributed by atoms with Crippen molar-refractivity contribution in [2.45, 2.75) is 18.9 Å². The molecule has 0 aromatic rings. The molecule has 6 nitrogen and oxygen atoms in total. The van der Waals surface area contributed by atoms with Gasteiger partial charge in [0.25, 0.3) is 0 Å². The predicted molar refractivity (Wildman–Crippen MR) is 60.4 cm³/mol. The fourth-order valence-corrected chi connectivity index (χ4v) is 1.67. The van der Waals surface area contributed by atoms with Crippen molar-refractivity contribution in [2.24, 2.45) is 0 Å². The number of esters is 3. The SMILES string of the molecule is COC(=O)C1=CC=CC(OC(C)=O)(C(=O)OC)C1. The van der Waals surface area contributed by atoms with Gasteiger partial charge in [-0.25, -0.2) is 9.59 Å². The first-order valence-electron chi connectivity index (χ1n) is 5.20. The van der Waals surface area contributed by atoms with Crippen LogP contribution in [0.4, 0.5) is 0 Å². The third-order valence-corrected chi connectivity index (χ3v) is 2.42. The Morgan fingerprint density at radius 3 is 2.39 bits per heavy atom. The minimum absolute atomic E-state index is 0.109. The zero-order valence-electron chi connectivity index (χ0n) is 10.4. The Bertz CT molecular complexity index is 434. The van der Waals surface area contributed by atoms with E-state index in [0.29, 0.717) is 0 Å². The van der Waals surface area contributed by atoms with Crippen LogP contribution in [-0.2, 0) is 28.6 Å². The highest BCUT2D eigenvalue weighted by Crippen LogP contribution is 2.29. The smallest absolute Gasteiger partial charge is 0.354 e. The summed E-state index contributed by atoms with van der Waals surface area (Å²) in [5, 5.41) is 0. The van der Waals surface area contributed by atoms with Gasteiger partial charge in [0.2, 0.25) is 5.60 Å². The second-order valence-corrected chi connectivity index (χ2v) is 3.69. The number of carbonyl (C=O) groups is 3. The highest BCUT2D eigenvalue weighted by Gasteiger charge is 2.44. The molecular formula is C12H14O6. The van der Waals surface area contributed by atoms with Crippen LogP contribution in [0.1, 0.15) is 13.3 Å². The maximum absolute atomic E-state index is 11.8. The normalized spacial score (nSPS) is 21.8. The van der Waals surface area contributed by atoms with Gasteiger partial charge in [0.1, 0.15) is 0 Å². The van der Waals surface area contributed by atoms with Gasteiger partial charge >= 0.3 is 17.9 Å². The predicted octanol–water partition coefficient (Wildman–Crippen LogP) is 0.521. The number of rotatable bonds is 3. The van der Waals surface area contributed by atoms with Gasteiger partial charge in [-0.05, 0) is 6.08 Å². The quantitative estimate of drug-likeness (QED) is 0.539. The van der Waals surface area contributed by atoms with E-state index in [9.17, 15) is 14.4 Å². The molecule has 0 radical (unpaired) electrons. The maximum atomic E-state index is 11.8. The van der Waals surface area contributed by atoms with Crippen molar-refractivity contribution in [1.82, 2.24) is 0 Å². The molecule has 1 unspecified atom stereocenters. The van der Waals surface area contributed by atoms with Crippen molar-refractivity contribution in [1.29, 1.82) is 0 Å². The summed E-state index contributed by atoms with van der Waals surface area (Å²) in [6, 6.07) is 0. The summed E-state index contributed by atoms with van der Waals surface area (Å²) < 4.78 is 14.2. The Kier molecular flexibility index (Phi) is 4.25. The van der Waals surface area contributed by atoms with E-state index in [4.69, 9.17) is 4.74 Å². The third-order valence-electron chi connectivity index (χ3n) is 2.42. The van der Waals surface area contributed by atoms with Crippen molar-refractivity contribution >= 4 is 17.9 Å². The molecule has 98 valence electrons. The topological polar surface area (TPSA) is 78.9 Å². The van der Waals surface area contributed by atoms with E-state index >= 15 is 0 Å². The molecule has 1 aliphatic rings. The summed E-state index contributed by atoms with van der Waals surface area (Å²) >= 11 is 0. The number of allylic oxidation sites excluding steroid dienone is 2. The van der Waals surface area contributed by atoms with Crippen LogP contribution in [0.3, 0.4) is 0 Å². The van der Waals surface area contributed by atoms with Crippen LogP contribution in [0.15, 0.2) is 23.8 Å². The Labute approximate surface area is 104 Å². The molecule has 0 spiro atoms. The fourth-order valence-electron chi connectivity index (χ4n) is 1.67. The molecule has 6 heteroatoms. The number of carbonyl (C=O) groups excluding carboxylic acids is 3. The Morgan fingerprint density at radius 2 is 1.89 bits per heavy atom. The van der Waals surface area contributed by atoms with Gasteiger partial charge in [0, 0.05) is 18.9 Å². The standard InChI is InChI=1S/C12H14O6/c1-8(13)18-12(11(15)17-3)6-4-5-9(7-12)10(14)16-2/h4-6H,7H2,1-3H3. The van der Waals surface area contributed by atoms with Gasteiger partial charge in [-0.2, -0.15) is 0 Å². The van der Waals surface area contributed by atoms with E-state index in [1.54, 1.807) is 0 Å². The second kappa shape index (κ2) is 5.48. The lowest BCUT2D eigenvalue weighted by atomic mass is 9.89. The minimum Gasteiger partial charge on any atom is -0.466 e. The van der Waals surface area contributed by atoms with Crippen molar-refractivity contribution < 1.29 is 28.6 Å². The molecule has 0 heterocycles. The van der Waals surface area contributed by atoms with E-state index in [2.05, 4.69) is 9.47 Å². The van der Waals surface area contributed by atoms with Crippen molar-refractivity contribution in [3.63, 3.8) is 0 Å². The molecule has 0 bridgehead atoms. The average molecular weight is 254 g/mol. The summed E-state index contributed by atoms with van der Waals surface area (Å²) in [6.07, 6.45) is 4.22. The molecule has 0 amide bonds. The molecule has 1 aliphatic carbocycles. The van der Waals surface area contributed by atoms with Crippen LogP contribution in [0.2, 0.25) is 0 Å². The van der Waals surface area contributed by atoms with Crippen molar-refractivity contribution in [3.8, 4) is 0 Å². The molecule has 1 atom stereocenters. The number of methoxy groups -OCH3 is 2. The van der Waals surface area contributed by atoms with Gasteiger partial charge in [0.15, 0.2) is 0 Å². The van der Waals surface area contributed by atoms with E-state index < -0.39 is 23.5 Å². The van der Waals surface area contributed by atoms with E-state index in [-0.39, 0.29) is 12.0 Å². The zero-order valence-corrected chi connectivity index (χ0v) is 10.4. The highest BCUT2D eigenvalue weighted by molar-refractivity contribution is 5.93. The molecule has 0 fully saturated rings.